The van der Waals surface area contributed by atoms with Crippen LogP contribution < -0.4 is 19.6 Å². The summed E-state index contributed by atoms with van der Waals surface area (Å²) in [6.45, 7) is 5.88. The number of halogens is 2. The van der Waals surface area contributed by atoms with E-state index < -0.39 is 12.0 Å². The van der Waals surface area contributed by atoms with Gasteiger partial charge in [-0.25, -0.2) is 14.2 Å². The third-order valence-corrected chi connectivity index (χ3v) is 7.69. The number of aromatic nitrogens is 1. The summed E-state index contributed by atoms with van der Waals surface area (Å²) in [7, 11) is 0. The molecule has 0 N–H and O–H groups in total. The minimum Gasteiger partial charge on any atom is -0.488 e. The lowest BCUT2D eigenvalue weighted by molar-refractivity contribution is -0.139. The van der Waals surface area contributed by atoms with E-state index in [1.54, 1.807) is 54.8 Å². The molecule has 5 rings (SSSR count). The molecule has 0 amide bonds. The first-order valence-corrected chi connectivity index (χ1v) is 13.9. The highest BCUT2D eigenvalue weighted by Crippen LogP contribution is 2.31. The molecule has 0 radical (unpaired) electrons. The summed E-state index contributed by atoms with van der Waals surface area (Å²) in [5.41, 5.74) is 3.77. The summed E-state index contributed by atoms with van der Waals surface area (Å²) in [5.74, 6) is -0.315. The highest BCUT2D eigenvalue weighted by molar-refractivity contribution is 7.07. The molecule has 9 heteroatoms. The van der Waals surface area contributed by atoms with E-state index in [0.717, 1.165) is 16.7 Å². The topological polar surface area (TPSA) is 69.9 Å². The summed E-state index contributed by atoms with van der Waals surface area (Å²) in [5, 5.41) is 0.478. The van der Waals surface area contributed by atoms with Crippen molar-refractivity contribution < 1.29 is 18.7 Å². The third kappa shape index (κ3) is 5.64. The lowest BCUT2D eigenvalue weighted by Gasteiger charge is -2.24. The van der Waals surface area contributed by atoms with Crippen LogP contribution in [0.25, 0.3) is 6.08 Å². The van der Waals surface area contributed by atoms with Crippen molar-refractivity contribution in [1.82, 2.24) is 4.57 Å². The largest absolute Gasteiger partial charge is 0.488 e. The average Bonchev–Trinajstić information content (AvgIpc) is 3.23. The fourth-order valence-electron chi connectivity index (χ4n) is 4.50. The Kier molecular flexibility index (Phi) is 8.00. The van der Waals surface area contributed by atoms with Gasteiger partial charge in [0.05, 0.1) is 28.5 Å². The highest BCUT2D eigenvalue weighted by Gasteiger charge is 2.33. The van der Waals surface area contributed by atoms with Crippen LogP contribution in [-0.2, 0) is 16.1 Å². The van der Waals surface area contributed by atoms with Crippen LogP contribution in [0, 0.1) is 12.7 Å². The number of fused-ring (bicyclic) bond motifs is 1. The smallest absolute Gasteiger partial charge is 0.338 e. The van der Waals surface area contributed by atoms with Crippen molar-refractivity contribution in [2.45, 2.75) is 33.4 Å². The van der Waals surface area contributed by atoms with Crippen LogP contribution in [-0.4, -0.2) is 17.1 Å². The molecule has 0 spiro atoms. The number of aryl methyl sites for hydroxylation is 1. The van der Waals surface area contributed by atoms with Gasteiger partial charge in [0.1, 0.15) is 18.2 Å². The number of ether oxygens (including phenoxy) is 2. The zero-order chi connectivity index (χ0) is 28.4. The van der Waals surface area contributed by atoms with Gasteiger partial charge in [0.15, 0.2) is 4.80 Å². The van der Waals surface area contributed by atoms with Crippen molar-refractivity contribution in [2.75, 3.05) is 6.61 Å². The van der Waals surface area contributed by atoms with Gasteiger partial charge in [-0.1, -0.05) is 64.9 Å². The quantitative estimate of drug-likeness (QED) is 0.273. The first-order valence-electron chi connectivity index (χ1n) is 12.7. The number of benzene rings is 3. The maximum atomic E-state index is 13.9. The number of carbonyl (C=O) groups excluding carboxylic acids is 1. The maximum Gasteiger partial charge on any atom is 0.338 e. The second-order valence-electron chi connectivity index (χ2n) is 9.31. The minimum absolute atomic E-state index is 0.204. The SMILES string of the molecule is CCOC(=O)C1=C(C)N=c2s/c(=C\c3cc(Cl)ccc3OCc3ccc(F)cc3)c(=O)n2[C@@H]1c1ccc(C)cc1. The summed E-state index contributed by atoms with van der Waals surface area (Å²) >= 11 is 7.52. The molecule has 4 aromatic rings. The summed E-state index contributed by atoms with van der Waals surface area (Å²) in [6, 6.07) is 18.2. The second kappa shape index (κ2) is 11.6. The molecule has 1 aromatic heterocycles. The second-order valence-corrected chi connectivity index (χ2v) is 10.8. The van der Waals surface area contributed by atoms with Gasteiger partial charge < -0.3 is 9.47 Å². The van der Waals surface area contributed by atoms with Gasteiger partial charge in [0, 0.05) is 10.6 Å². The van der Waals surface area contributed by atoms with Gasteiger partial charge >= 0.3 is 5.97 Å². The molecule has 1 aliphatic rings. The zero-order valence-corrected chi connectivity index (χ0v) is 23.7. The van der Waals surface area contributed by atoms with Gasteiger partial charge in [0.25, 0.3) is 5.56 Å². The Morgan fingerprint density at radius 3 is 2.52 bits per heavy atom. The Balaban J connectivity index is 1.61. The van der Waals surface area contributed by atoms with Crippen molar-refractivity contribution >= 4 is 35.0 Å². The Labute approximate surface area is 239 Å². The fourth-order valence-corrected chi connectivity index (χ4v) is 5.72. The van der Waals surface area contributed by atoms with Crippen LogP contribution in [0.2, 0.25) is 5.02 Å². The molecule has 1 atom stereocenters. The molecule has 1 aliphatic heterocycles. The molecule has 204 valence electrons. The molecule has 0 unspecified atom stereocenters. The molecule has 2 heterocycles. The average molecular weight is 577 g/mol. The van der Waals surface area contributed by atoms with Gasteiger partial charge in [-0.3, -0.25) is 9.36 Å². The fraction of sp³-hybridized carbons (Fsp3) is 0.194. The Bertz CT molecular complexity index is 1790. The number of rotatable bonds is 7. The molecular formula is C31H26ClFN2O4S. The lowest BCUT2D eigenvalue weighted by Crippen LogP contribution is -2.39. The summed E-state index contributed by atoms with van der Waals surface area (Å²) < 4.78 is 26.6. The van der Waals surface area contributed by atoms with E-state index in [4.69, 9.17) is 21.1 Å². The number of carbonyl (C=O) groups is 1. The third-order valence-electron chi connectivity index (χ3n) is 6.48. The first kappa shape index (κ1) is 27.6. The molecular weight excluding hydrogens is 551 g/mol. The van der Waals surface area contributed by atoms with Gasteiger partial charge in [-0.05, 0) is 68.3 Å². The Morgan fingerprint density at radius 1 is 1.10 bits per heavy atom. The normalized spacial score (nSPS) is 15.0. The van der Waals surface area contributed by atoms with E-state index >= 15 is 0 Å². The zero-order valence-electron chi connectivity index (χ0n) is 22.1. The van der Waals surface area contributed by atoms with Gasteiger partial charge in [-0.15, -0.1) is 0 Å². The molecule has 0 saturated carbocycles. The molecule has 0 aliphatic carbocycles. The van der Waals surface area contributed by atoms with E-state index in [0.29, 0.717) is 36.9 Å². The van der Waals surface area contributed by atoms with Crippen LogP contribution in [0.15, 0.2) is 87.8 Å². The molecule has 0 bridgehead atoms. The number of hydrogen-bond acceptors (Lipinski definition) is 6. The monoisotopic (exact) mass is 576 g/mol. The van der Waals surface area contributed by atoms with E-state index in [-0.39, 0.29) is 24.6 Å². The van der Waals surface area contributed by atoms with E-state index in [2.05, 4.69) is 4.99 Å². The predicted octanol–water partition coefficient (Wildman–Crippen LogP) is 5.48. The summed E-state index contributed by atoms with van der Waals surface area (Å²) in [4.78, 5) is 32.1. The van der Waals surface area contributed by atoms with Crippen molar-refractivity contribution in [3.63, 3.8) is 0 Å². The van der Waals surface area contributed by atoms with E-state index in [1.807, 2.05) is 31.2 Å². The standard InChI is InChI=1S/C31H26ClFN2O4S/c1-4-38-30(37)27-19(3)34-31-35(28(27)21-9-5-18(2)6-10-21)29(36)26(40-31)16-22-15-23(32)11-14-25(22)39-17-20-7-12-24(33)13-8-20/h5-16,28H,4,17H2,1-3H3/b26-16-/t28-/m1/s1. The van der Waals surface area contributed by atoms with Gasteiger partial charge in [0.2, 0.25) is 0 Å². The van der Waals surface area contributed by atoms with E-state index in [1.165, 1.54) is 23.5 Å². The van der Waals surface area contributed by atoms with Gasteiger partial charge in [-0.2, -0.15) is 0 Å². The van der Waals surface area contributed by atoms with Crippen LogP contribution in [0.4, 0.5) is 4.39 Å². The number of hydrogen-bond donors (Lipinski definition) is 0. The number of allylic oxidation sites excluding steroid dienone is 1. The van der Waals surface area contributed by atoms with Crippen molar-refractivity contribution in [1.29, 1.82) is 0 Å². The number of esters is 1. The molecule has 6 nitrogen and oxygen atoms in total. The predicted molar refractivity (Wildman–Crippen MR) is 154 cm³/mol. The Morgan fingerprint density at radius 2 is 1.82 bits per heavy atom. The maximum absolute atomic E-state index is 13.9. The minimum atomic E-state index is -0.688. The highest BCUT2D eigenvalue weighted by atomic mass is 35.5. The van der Waals surface area contributed by atoms with Crippen molar-refractivity contribution in [3.05, 3.63) is 131 Å². The first-order chi connectivity index (χ1) is 19.2. The van der Waals surface area contributed by atoms with Crippen molar-refractivity contribution in [3.8, 4) is 5.75 Å². The Hall–Kier alpha value is -4.01. The van der Waals surface area contributed by atoms with Crippen LogP contribution in [0.1, 0.15) is 42.1 Å². The number of thiazole rings is 1. The van der Waals surface area contributed by atoms with Crippen LogP contribution >= 0.6 is 22.9 Å². The van der Waals surface area contributed by atoms with Crippen LogP contribution in [0.3, 0.4) is 0 Å². The van der Waals surface area contributed by atoms with E-state index in [9.17, 15) is 14.0 Å². The van der Waals surface area contributed by atoms with Crippen molar-refractivity contribution in [2.24, 2.45) is 4.99 Å². The molecule has 3 aromatic carbocycles. The molecule has 40 heavy (non-hydrogen) atoms. The van der Waals surface area contributed by atoms with Crippen LogP contribution in [0.5, 0.6) is 5.75 Å². The summed E-state index contributed by atoms with van der Waals surface area (Å²) in [6.07, 6.45) is 1.71. The molecule has 0 fully saturated rings. The molecule has 0 saturated heterocycles. The number of nitrogens with zero attached hydrogens (tertiary/aromatic N) is 2. The lowest BCUT2D eigenvalue weighted by atomic mass is 9.95.